The van der Waals surface area contributed by atoms with E-state index in [0.717, 1.165) is 11.6 Å². The van der Waals surface area contributed by atoms with Crippen LogP contribution >= 0.6 is 0 Å². The molecule has 0 bridgehead atoms. The highest BCUT2D eigenvalue weighted by Crippen LogP contribution is 2.41. The number of aryl methyl sites for hydroxylation is 1. The molecule has 0 fully saturated rings. The Morgan fingerprint density at radius 3 is 2.56 bits per heavy atom. The molecule has 1 aliphatic heterocycles. The summed E-state index contributed by atoms with van der Waals surface area (Å²) in [6.45, 7) is 6.51. The molecule has 0 radical (unpaired) electrons. The number of rotatable bonds is 4. The van der Waals surface area contributed by atoms with Crippen molar-refractivity contribution < 1.29 is 23.1 Å². The number of anilines is 1. The zero-order chi connectivity index (χ0) is 25.6. The highest BCUT2D eigenvalue weighted by Gasteiger charge is 2.40. The Balaban J connectivity index is 1.59. The minimum Gasteiger partial charge on any atom is -0.392 e. The molecule has 0 spiro atoms. The molecule has 7 nitrogen and oxygen atoms in total. The molecule has 0 saturated carbocycles. The molecule has 3 aromatic carbocycles. The van der Waals surface area contributed by atoms with Gasteiger partial charge in [0.15, 0.2) is 11.5 Å². The number of halogens is 3. The van der Waals surface area contributed by atoms with Gasteiger partial charge < -0.3 is 14.6 Å². The summed E-state index contributed by atoms with van der Waals surface area (Å²) in [5, 5.41) is 17.5. The standard InChI is InChI=1S/C26H18F3N5O2/c1-30-17-6-7-19(20(11-17)24-32-31-14-33(24)2)16-4-3-5-18(10-16)34-12-22-21(25(34)36)8-15(13-35)9-23(22)26(27,28)29/h3-11,14,35H,12-13H2,2H3. The van der Waals surface area contributed by atoms with E-state index in [1.165, 1.54) is 11.0 Å². The van der Waals surface area contributed by atoms with E-state index < -0.39 is 24.3 Å². The van der Waals surface area contributed by atoms with E-state index in [1.54, 1.807) is 54.3 Å². The van der Waals surface area contributed by atoms with E-state index in [0.29, 0.717) is 28.3 Å². The van der Waals surface area contributed by atoms with Crippen LogP contribution in [-0.2, 0) is 26.4 Å². The molecule has 0 aliphatic carbocycles. The fraction of sp³-hybridized carbons (Fsp3) is 0.154. The molecule has 4 aromatic rings. The second-order valence-corrected chi connectivity index (χ2v) is 8.37. The van der Waals surface area contributed by atoms with Crippen LogP contribution in [0.5, 0.6) is 0 Å². The smallest absolute Gasteiger partial charge is 0.392 e. The summed E-state index contributed by atoms with van der Waals surface area (Å²) >= 11 is 0. The van der Waals surface area contributed by atoms with Crippen LogP contribution < -0.4 is 4.90 Å². The zero-order valence-electron chi connectivity index (χ0n) is 18.9. The van der Waals surface area contributed by atoms with Crippen LogP contribution in [0.2, 0.25) is 0 Å². The lowest BCUT2D eigenvalue weighted by atomic mass is 9.97. The van der Waals surface area contributed by atoms with Crippen molar-refractivity contribution in [2.75, 3.05) is 4.90 Å². The van der Waals surface area contributed by atoms with Crippen molar-refractivity contribution in [2.24, 2.45) is 7.05 Å². The van der Waals surface area contributed by atoms with Crippen LogP contribution in [0.25, 0.3) is 27.4 Å². The molecule has 0 unspecified atom stereocenters. The lowest BCUT2D eigenvalue weighted by Gasteiger charge is -2.18. The number of fused-ring (bicyclic) bond motifs is 1. The first-order valence-corrected chi connectivity index (χ1v) is 10.8. The average molecular weight is 489 g/mol. The van der Waals surface area contributed by atoms with E-state index in [4.69, 9.17) is 6.57 Å². The first kappa shape index (κ1) is 23.3. The number of carbonyl (C=O) groups is 1. The number of alkyl halides is 3. The summed E-state index contributed by atoms with van der Waals surface area (Å²) in [6, 6.07) is 14.2. The Kier molecular flexibility index (Phi) is 5.57. The van der Waals surface area contributed by atoms with Gasteiger partial charge >= 0.3 is 6.18 Å². The van der Waals surface area contributed by atoms with Gasteiger partial charge in [-0.15, -0.1) is 10.2 Å². The molecule has 1 aromatic heterocycles. The summed E-state index contributed by atoms with van der Waals surface area (Å²) in [4.78, 5) is 18.0. The SMILES string of the molecule is [C-]#[N+]c1ccc(-c2cccc(N3Cc4c(cc(CO)cc4C(F)(F)F)C3=O)c2)c(-c2nncn2C)c1. The normalized spacial score (nSPS) is 13.1. The number of amides is 1. The fourth-order valence-electron chi connectivity index (χ4n) is 4.43. The number of hydrogen-bond donors (Lipinski definition) is 1. The Morgan fingerprint density at radius 1 is 1.08 bits per heavy atom. The quantitative estimate of drug-likeness (QED) is 0.391. The summed E-state index contributed by atoms with van der Waals surface area (Å²) in [5.41, 5.74) is 1.83. The number of aromatic nitrogens is 3. The second kappa shape index (κ2) is 8.62. The molecular weight excluding hydrogens is 471 g/mol. The molecule has 36 heavy (non-hydrogen) atoms. The van der Waals surface area contributed by atoms with Crippen LogP contribution in [0.4, 0.5) is 24.5 Å². The first-order chi connectivity index (χ1) is 17.2. The van der Waals surface area contributed by atoms with Crippen molar-refractivity contribution in [1.82, 2.24) is 14.8 Å². The molecule has 10 heteroatoms. The fourth-order valence-corrected chi connectivity index (χ4v) is 4.43. The summed E-state index contributed by atoms with van der Waals surface area (Å²) in [7, 11) is 1.78. The van der Waals surface area contributed by atoms with Gasteiger partial charge in [-0.1, -0.05) is 24.3 Å². The monoisotopic (exact) mass is 489 g/mol. The van der Waals surface area contributed by atoms with Crippen molar-refractivity contribution in [1.29, 1.82) is 0 Å². The Morgan fingerprint density at radius 2 is 1.89 bits per heavy atom. The third-order valence-electron chi connectivity index (χ3n) is 6.14. The van der Waals surface area contributed by atoms with Crippen molar-refractivity contribution >= 4 is 17.3 Å². The third-order valence-corrected chi connectivity index (χ3v) is 6.14. The number of hydrogen-bond acceptors (Lipinski definition) is 4. The first-order valence-electron chi connectivity index (χ1n) is 10.8. The Labute approximate surface area is 203 Å². The predicted molar refractivity (Wildman–Crippen MR) is 126 cm³/mol. The highest BCUT2D eigenvalue weighted by atomic mass is 19.4. The zero-order valence-corrected chi connectivity index (χ0v) is 18.9. The van der Waals surface area contributed by atoms with Crippen molar-refractivity contribution in [3.8, 4) is 22.5 Å². The predicted octanol–water partition coefficient (Wildman–Crippen LogP) is 5.37. The van der Waals surface area contributed by atoms with Gasteiger partial charge in [-0.2, -0.15) is 13.2 Å². The minimum absolute atomic E-state index is 0.0262. The van der Waals surface area contributed by atoms with Crippen molar-refractivity contribution in [2.45, 2.75) is 19.3 Å². The van der Waals surface area contributed by atoms with Crippen LogP contribution in [0.1, 0.15) is 27.0 Å². The van der Waals surface area contributed by atoms with Gasteiger partial charge in [0.2, 0.25) is 0 Å². The van der Waals surface area contributed by atoms with Crippen LogP contribution in [-0.4, -0.2) is 25.8 Å². The highest BCUT2D eigenvalue weighted by molar-refractivity contribution is 6.10. The molecule has 1 aliphatic rings. The topological polar surface area (TPSA) is 75.6 Å². The molecular formula is C26H18F3N5O2. The van der Waals surface area contributed by atoms with Crippen molar-refractivity contribution in [3.63, 3.8) is 0 Å². The van der Waals surface area contributed by atoms with E-state index >= 15 is 0 Å². The van der Waals surface area contributed by atoms with Gasteiger partial charge in [0.1, 0.15) is 6.33 Å². The maximum atomic E-state index is 13.7. The van der Waals surface area contributed by atoms with Crippen molar-refractivity contribution in [3.05, 3.63) is 94.6 Å². The van der Waals surface area contributed by atoms with Crippen LogP contribution in [0, 0.1) is 6.57 Å². The van der Waals surface area contributed by atoms with Gasteiger partial charge in [-0.3, -0.25) is 4.79 Å². The Hall–Kier alpha value is -4.49. The molecule has 1 N–H and O–H groups in total. The lowest BCUT2D eigenvalue weighted by molar-refractivity contribution is -0.138. The average Bonchev–Trinajstić information content (AvgIpc) is 3.45. The summed E-state index contributed by atoms with van der Waals surface area (Å²) in [5.74, 6) is -0.0308. The van der Waals surface area contributed by atoms with Gasteiger partial charge in [-0.25, -0.2) is 4.85 Å². The summed E-state index contributed by atoms with van der Waals surface area (Å²) < 4.78 is 42.9. The van der Waals surface area contributed by atoms with E-state index in [-0.39, 0.29) is 23.2 Å². The lowest BCUT2D eigenvalue weighted by Crippen LogP contribution is -2.23. The largest absolute Gasteiger partial charge is 0.416 e. The molecule has 0 atom stereocenters. The summed E-state index contributed by atoms with van der Waals surface area (Å²) in [6.07, 6.45) is -3.12. The van der Waals surface area contributed by atoms with Gasteiger partial charge in [-0.05, 0) is 52.6 Å². The number of benzene rings is 3. The molecule has 1 amide bonds. The molecule has 2 heterocycles. The van der Waals surface area contributed by atoms with Crippen LogP contribution in [0.3, 0.4) is 0 Å². The number of nitrogens with zero attached hydrogens (tertiary/aromatic N) is 5. The van der Waals surface area contributed by atoms with E-state index in [2.05, 4.69) is 15.0 Å². The number of aliphatic hydroxyl groups excluding tert-OH is 1. The van der Waals surface area contributed by atoms with E-state index in [9.17, 15) is 23.1 Å². The van der Waals surface area contributed by atoms with Gasteiger partial charge in [0.05, 0.1) is 25.3 Å². The molecule has 0 saturated heterocycles. The Bertz CT molecular complexity index is 1550. The molecule has 5 rings (SSSR count). The maximum Gasteiger partial charge on any atom is 0.416 e. The third kappa shape index (κ3) is 3.89. The number of carbonyl (C=O) groups excluding carboxylic acids is 1. The number of aliphatic hydroxyl groups is 1. The van der Waals surface area contributed by atoms with E-state index in [1.807, 2.05) is 6.07 Å². The maximum absolute atomic E-state index is 13.7. The van der Waals surface area contributed by atoms with Crippen LogP contribution in [0.15, 0.2) is 60.9 Å². The second-order valence-electron chi connectivity index (χ2n) is 8.37. The van der Waals surface area contributed by atoms with Gasteiger partial charge in [0, 0.05) is 23.9 Å². The minimum atomic E-state index is -4.66. The van der Waals surface area contributed by atoms with Gasteiger partial charge in [0.25, 0.3) is 5.91 Å². The molecule has 180 valence electrons.